The van der Waals surface area contributed by atoms with E-state index in [9.17, 15) is 86.8 Å². The summed E-state index contributed by atoms with van der Waals surface area (Å²) in [6.07, 6.45) is -42.5. The molecular formula is C56H92O29. The van der Waals surface area contributed by atoms with Crippen LogP contribution in [0.2, 0.25) is 0 Å². The summed E-state index contributed by atoms with van der Waals surface area (Å²) in [7, 11) is 0. The van der Waals surface area contributed by atoms with Crippen LogP contribution in [-0.4, -0.2) is 304 Å². The van der Waals surface area contributed by atoms with Gasteiger partial charge in [-0.1, -0.05) is 27.7 Å². The number of rotatable bonds is 14. The zero-order chi connectivity index (χ0) is 61.1. The Kier molecular flexibility index (Phi) is 19.5. The third-order valence-corrected chi connectivity index (χ3v) is 22.2. The summed E-state index contributed by atoms with van der Waals surface area (Å²) in [5.74, 6) is 0.388. The van der Waals surface area contributed by atoms with Crippen LogP contribution < -0.4 is 0 Å². The van der Waals surface area contributed by atoms with Crippen molar-refractivity contribution >= 4 is 0 Å². The molecule has 0 aromatic carbocycles. The largest absolute Gasteiger partial charge is 0.394 e. The lowest BCUT2D eigenvalue weighted by atomic mass is 9.44. The Morgan fingerprint density at radius 3 is 1.67 bits per heavy atom. The van der Waals surface area contributed by atoms with Gasteiger partial charge in [0.15, 0.2) is 37.2 Å². The van der Waals surface area contributed by atoms with E-state index in [-0.39, 0.29) is 52.4 Å². The second-order valence-electron chi connectivity index (χ2n) is 26.9. The van der Waals surface area contributed by atoms with E-state index in [4.69, 9.17) is 56.8 Å². The van der Waals surface area contributed by atoms with Crippen molar-refractivity contribution in [3.8, 4) is 0 Å². The first kappa shape index (κ1) is 65.3. The second-order valence-corrected chi connectivity index (χ2v) is 26.9. The molecule has 7 unspecified atom stereocenters. The van der Waals surface area contributed by atoms with Crippen molar-refractivity contribution in [2.45, 2.75) is 257 Å². The van der Waals surface area contributed by atoms with E-state index in [1.54, 1.807) is 0 Å². The summed E-state index contributed by atoms with van der Waals surface area (Å²) < 4.78 is 72.8. The molecule has 0 bridgehead atoms. The van der Waals surface area contributed by atoms with Gasteiger partial charge in [-0.3, -0.25) is 0 Å². The van der Waals surface area contributed by atoms with Crippen LogP contribution in [0, 0.1) is 52.3 Å². The van der Waals surface area contributed by atoms with Gasteiger partial charge in [0, 0.05) is 18.3 Å². The topological polar surface area (TPSA) is 455 Å². The van der Waals surface area contributed by atoms with Crippen LogP contribution >= 0.6 is 0 Å². The molecule has 0 aromatic rings. The zero-order valence-electron chi connectivity index (χ0n) is 48.1. The Bertz CT molecular complexity index is 2220. The molecule has 4 saturated carbocycles. The maximum Gasteiger partial charge on any atom is 0.187 e. The fourth-order valence-electron chi connectivity index (χ4n) is 17.4. The van der Waals surface area contributed by atoms with Crippen LogP contribution in [0.5, 0.6) is 0 Å². The van der Waals surface area contributed by atoms with Crippen molar-refractivity contribution in [2.75, 3.05) is 39.6 Å². The molecule has 7 heterocycles. The number of hydrogen-bond acceptors (Lipinski definition) is 29. The Hall–Kier alpha value is -1.16. The molecule has 17 N–H and O–H groups in total. The van der Waals surface area contributed by atoms with Gasteiger partial charge in [-0.25, -0.2) is 0 Å². The van der Waals surface area contributed by atoms with Crippen molar-refractivity contribution in [3.63, 3.8) is 0 Å². The number of ether oxygens (including phenoxy) is 12. The molecule has 11 fully saturated rings. The minimum absolute atomic E-state index is 0.00749. The maximum atomic E-state index is 12.3. The molecule has 11 rings (SSSR count). The highest BCUT2D eigenvalue weighted by molar-refractivity contribution is 5.19. The third-order valence-electron chi connectivity index (χ3n) is 22.2. The van der Waals surface area contributed by atoms with Gasteiger partial charge in [-0.05, 0) is 85.4 Å². The summed E-state index contributed by atoms with van der Waals surface area (Å²) in [6, 6.07) is 0. The molecule has 7 saturated heterocycles. The van der Waals surface area contributed by atoms with E-state index < -0.39 is 205 Å². The first-order chi connectivity index (χ1) is 40.3. The Morgan fingerprint density at radius 1 is 0.447 bits per heavy atom. The average molecular weight is 1230 g/mol. The van der Waals surface area contributed by atoms with Crippen LogP contribution in [0.3, 0.4) is 0 Å². The van der Waals surface area contributed by atoms with Gasteiger partial charge >= 0.3 is 0 Å². The van der Waals surface area contributed by atoms with Gasteiger partial charge in [0.05, 0.1) is 64.1 Å². The number of fused-ring (bicyclic) bond motifs is 7. The molecular weight excluding hydrogens is 1140 g/mol. The van der Waals surface area contributed by atoms with Crippen LogP contribution in [0.1, 0.15) is 79.1 Å². The lowest BCUT2D eigenvalue weighted by Gasteiger charge is -2.62. The zero-order valence-corrected chi connectivity index (χ0v) is 48.1. The SMILES string of the molecule is CC1C2C(O[C@]13CC[C@@H](C)CO3)C(O)C1C3CC[C@H]4C[C@H](O[C@@H]5O[C@H](CO)[C@H](O[C@@H]6O[C@H](CO)[C@@H](O)[C@H](O[C@@H]7OC[C@@H](O)[C@H](O)[C@H]7O)[C@H]6O[C@@H]6O[C@H](CO)[C@H](O)[C@H](O[C@@H]7O[C@H](CO)[C@@H](O)[C@H](O)[C@H]7O)[C@H]6O)[C@H](O)[C@H]5O)[C@H](O)C[C@]4(C)C3CC[C@@]12C. The highest BCUT2D eigenvalue weighted by Gasteiger charge is 2.73. The minimum atomic E-state index is -2.21. The minimum Gasteiger partial charge on any atom is -0.394 e. The molecule has 29 heteroatoms. The Balaban J connectivity index is 0.797. The molecule has 490 valence electrons. The van der Waals surface area contributed by atoms with Gasteiger partial charge in [0.2, 0.25) is 0 Å². The van der Waals surface area contributed by atoms with Crippen molar-refractivity contribution in [1.29, 1.82) is 0 Å². The molecule has 85 heavy (non-hydrogen) atoms. The van der Waals surface area contributed by atoms with Crippen LogP contribution in [0.15, 0.2) is 0 Å². The molecule has 7 aliphatic heterocycles. The van der Waals surface area contributed by atoms with Crippen molar-refractivity contribution in [1.82, 2.24) is 0 Å². The fourth-order valence-corrected chi connectivity index (χ4v) is 17.4. The normalized spacial score (nSPS) is 58.1. The van der Waals surface area contributed by atoms with Gasteiger partial charge in [0.1, 0.15) is 116 Å². The van der Waals surface area contributed by atoms with Gasteiger partial charge < -0.3 is 144 Å². The third kappa shape index (κ3) is 11.3. The Labute approximate surface area is 491 Å². The molecule has 11 aliphatic rings. The fraction of sp³-hybridized carbons (Fsp3) is 1.00. The van der Waals surface area contributed by atoms with Gasteiger partial charge in [-0.2, -0.15) is 0 Å². The molecule has 29 nitrogen and oxygen atoms in total. The molecule has 0 amide bonds. The summed E-state index contributed by atoms with van der Waals surface area (Å²) in [5.41, 5.74) is -0.531. The highest BCUT2D eigenvalue weighted by Crippen LogP contribution is 2.71. The predicted octanol–water partition coefficient (Wildman–Crippen LogP) is -6.50. The molecule has 4 aliphatic carbocycles. The van der Waals surface area contributed by atoms with E-state index in [2.05, 4.69) is 27.7 Å². The van der Waals surface area contributed by atoms with Crippen LogP contribution in [-0.2, 0) is 56.8 Å². The van der Waals surface area contributed by atoms with E-state index >= 15 is 0 Å². The van der Waals surface area contributed by atoms with Crippen LogP contribution in [0.4, 0.5) is 0 Å². The van der Waals surface area contributed by atoms with E-state index in [1.165, 1.54) is 0 Å². The van der Waals surface area contributed by atoms with E-state index in [1.807, 2.05) is 0 Å². The quantitative estimate of drug-likeness (QED) is 0.0719. The lowest BCUT2D eigenvalue weighted by Crippen LogP contribution is -2.69. The highest BCUT2D eigenvalue weighted by atomic mass is 16.8. The van der Waals surface area contributed by atoms with E-state index in [0.717, 1.165) is 38.5 Å². The summed E-state index contributed by atoms with van der Waals surface area (Å²) >= 11 is 0. The van der Waals surface area contributed by atoms with E-state index in [0.29, 0.717) is 25.4 Å². The number of hydrogen-bond donors (Lipinski definition) is 17. The molecule has 0 radical (unpaired) electrons. The Morgan fingerprint density at radius 2 is 1.01 bits per heavy atom. The monoisotopic (exact) mass is 1230 g/mol. The second kappa shape index (κ2) is 25.4. The lowest BCUT2D eigenvalue weighted by molar-refractivity contribution is -0.410. The maximum absolute atomic E-state index is 12.3. The summed E-state index contributed by atoms with van der Waals surface area (Å²) in [4.78, 5) is 0. The first-order valence-electron chi connectivity index (χ1n) is 30.5. The standard InChI is InChI=1S/C56H92O29/c1-19-7-10-56(75-17-19)20(2)31-45(85-56)37(67)32-22-6-5-21-11-26(24(61)12-55(21,4)23(22)8-9-54(31,32)3)76-50-42(72)39(69)44(30(16-60)80-50)81-53-48(47(36(66)29(15-59)79-53)83-49-40(70)33(63)25(62)18-74-49)84-52-43(73)46(35(65)28(14-58)78-52)82-51-41(71)38(68)34(64)27(13-57)77-51/h19-53,57-73H,5-18H2,1-4H3/t19-,20?,21+,22?,23?,24-,25-,26+,27-,28-,29-,30-,31?,32?,33+,34-,35+,36-,37?,38+,39-,40-,41-,42-,43-,44+,45?,46+,47+,48-,49+,50-,51+,52+,53+,54-,55+,56-/m1/s1. The summed E-state index contributed by atoms with van der Waals surface area (Å²) in [6.45, 7) is 5.21. The number of aliphatic hydroxyl groups excluding tert-OH is 17. The van der Waals surface area contributed by atoms with Gasteiger partial charge in [-0.15, -0.1) is 0 Å². The molecule has 0 aromatic heterocycles. The average Bonchev–Trinajstić information content (AvgIpc) is 1.65. The van der Waals surface area contributed by atoms with Crippen molar-refractivity contribution < 1.29 is 144 Å². The molecule has 1 spiro atoms. The summed E-state index contributed by atoms with van der Waals surface area (Å²) in [5, 5.41) is 188. The van der Waals surface area contributed by atoms with Crippen LogP contribution in [0.25, 0.3) is 0 Å². The predicted molar refractivity (Wildman–Crippen MR) is 278 cm³/mol. The van der Waals surface area contributed by atoms with Crippen molar-refractivity contribution in [2.24, 2.45) is 52.3 Å². The first-order valence-corrected chi connectivity index (χ1v) is 30.5. The molecule has 38 atom stereocenters. The van der Waals surface area contributed by atoms with Crippen molar-refractivity contribution in [3.05, 3.63) is 0 Å². The van der Waals surface area contributed by atoms with Gasteiger partial charge in [0.25, 0.3) is 0 Å². The number of aliphatic hydroxyl groups is 17. The smallest absolute Gasteiger partial charge is 0.187 e.